The highest BCUT2D eigenvalue weighted by Gasteiger charge is 2.25. The van der Waals surface area contributed by atoms with Gasteiger partial charge in [0, 0.05) is 35.4 Å². The molecule has 0 fully saturated rings. The molecule has 0 aliphatic heterocycles. The van der Waals surface area contributed by atoms with Crippen LogP contribution in [-0.4, -0.2) is 30.8 Å². The van der Waals surface area contributed by atoms with Crippen molar-refractivity contribution in [1.29, 1.82) is 0 Å². The molecule has 0 aliphatic rings. The van der Waals surface area contributed by atoms with Crippen LogP contribution in [0.3, 0.4) is 0 Å². The quantitative estimate of drug-likeness (QED) is 0.527. The number of hydrogen-bond acceptors (Lipinski definition) is 6. The average Bonchev–Trinajstić information content (AvgIpc) is 3.42. The number of nitrogens with zero attached hydrogens (tertiary/aromatic N) is 5. The molecule has 30 heavy (non-hydrogen) atoms. The van der Waals surface area contributed by atoms with E-state index in [1.165, 1.54) is 0 Å². The number of benzene rings is 1. The van der Waals surface area contributed by atoms with Crippen molar-refractivity contribution in [2.75, 3.05) is 0 Å². The van der Waals surface area contributed by atoms with Crippen LogP contribution in [0.2, 0.25) is 0 Å². The van der Waals surface area contributed by atoms with Crippen molar-refractivity contribution in [3.05, 3.63) is 78.2 Å². The summed E-state index contributed by atoms with van der Waals surface area (Å²) < 4.78 is 7.27. The van der Waals surface area contributed by atoms with Crippen molar-refractivity contribution in [3.8, 4) is 17.1 Å². The first-order chi connectivity index (χ1) is 14.5. The van der Waals surface area contributed by atoms with Gasteiger partial charge in [-0.15, -0.1) is 0 Å². The molecule has 3 heterocycles. The Morgan fingerprint density at radius 3 is 2.40 bits per heavy atom. The van der Waals surface area contributed by atoms with E-state index in [9.17, 15) is 4.79 Å². The van der Waals surface area contributed by atoms with Crippen molar-refractivity contribution in [2.45, 2.75) is 26.8 Å². The number of aryl methyl sites for hydroxylation is 1. The van der Waals surface area contributed by atoms with Crippen LogP contribution in [0.5, 0.6) is 0 Å². The van der Waals surface area contributed by atoms with Crippen LogP contribution in [0.4, 0.5) is 0 Å². The molecule has 0 aliphatic carbocycles. The molecule has 8 nitrogen and oxygen atoms in total. The van der Waals surface area contributed by atoms with Gasteiger partial charge in [-0.2, -0.15) is 10.1 Å². The Kier molecular flexibility index (Phi) is 5.38. The van der Waals surface area contributed by atoms with Crippen molar-refractivity contribution in [2.24, 2.45) is 5.92 Å². The van der Waals surface area contributed by atoms with Gasteiger partial charge in [-0.25, -0.2) is 4.68 Å². The smallest absolute Gasteiger partial charge is 0.251 e. The number of aromatic nitrogens is 5. The standard InChI is InChI=1S/C22H22N6O2/c1-14(2)19(22-26-20(27-30-22)16-9-11-23-12-10-16)25-21(29)17-4-6-18(7-5-17)28-15(3)8-13-24-28/h4-14,19H,1-3H3,(H,25,29). The number of hydrogen-bond donors (Lipinski definition) is 1. The summed E-state index contributed by atoms with van der Waals surface area (Å²) in [6.07, 6.45) is 5.08. The van der Waals surface area contributed by atoms with Gasteiger partial charge in [-0.3, -0.25) is 9.78 Å². The zero-order valence-corrected chi connectivity index (χ0v) is 17.0. The van der Waals surface area contributed by atoms with Crippen molar-refractivity contribution < 1.29 is 9.32 Å². The topological polar surface area (TPSA) is 98.7 Å². The molecule has 8 heteroatoms. The summed E-state index contributed by atoms with van der Waals surface area (Å²) in [5, 5.41) is 11.3. The van der Waals surface area contributed by atoms with E-state index in [4.69, 9.17) is 4.52 Å². The third-order valence-electron chi connectivity index (χ3n) is 4.81. The zero-order chi connectivity index (χ0) is 21.1. The Balaban J connectivity index is 1.52. The van der Waals surface area contributed by atoms with Gasteiger partial charge in [0.2, 0.25) is 11.7 Å². The Bertz CT molecular complexity index is 1130. The summed E-state index contributed by atoms with van der Waals surface area (Å²) >= 11 is 0. The monoisotopic (exact) mass is 402 g/mol. The molecular formula is C22H22N6O2. The van der Waals surface area contributed by atoms with Crippen molar-refractivity contribution in [3.63, 3.8) is 0 Å². The summed E-state index contributed by atoms with van der Waals surface area (Å²) in [5.41, 5.74) is 3.27. The van der Waals surface area contributed by atoms with E-state index in [1.807, 2.05) is 43.7 Å². The number of pyridine rings is 1. The molecule has 1 aromatic carbocycles. The summed E-state index contributed by atoms with van der Waals surface area (Å²) in [7, 11) is 0. The Morgan fingerprint density at radius 2 is 1.77 bits per heavy atom. The second-order valence-corrected chi connectivity index (χ2v) is 7.32. The minimum atomic E-state index is -0.409. The number of nitrogens with one attached hydrogen (secondary N) is 1. The minimum absolute atomic E-state index is 0.0608. The van der Waals surface area contributed by atoms with Gasteiger partial charge in [0.1, 0.15) is 6.04 Å². The molecule has 0 saturated heterocycles. The first-order valence-corrected chi connectivity index (χ1v) is 9.69. The van der Waals surface area contributed by atoms with Gasteiger partial charge < -0.3 is 9.84 Å². The molecule has 0 bridgehead atoms. The first kappa shape index (κ1) is 19.5. The molecule has 4 rings (SSSR count). The molecule has 152 valence electrons. The molecule has 0 radical (unpaired) electrons. The summed E-state index contributed by atoms with van der Waals surface area (Å²) in [6, 6.07) is 12.4. The lowest BCUT2D eigenvalue weighted by atomic mass is 10.0. The predicted molar refractivity (Wildman–Crippen MR) is 111 cm³/mol. The largest absolute Gasteiger partial charge is 0.340 e. The second kappa shape index (κ2) is 8.28. The maximum Gasteiger partial charge on any atom is 0.251 e. The maximum atomic E-state index is 12.8. The van der Waals surface area contributed by atoms with E-state index < -0.39 is 6.04 Å². The number of amides is 1. The lowest BCUT2D eigenvalue weighted by Gasteiger charge is -2.18. The number of carbonyl (C=O) groups is 1. The highest BCUT2D eigenvalue weighted by molar-refractivity contribution is 5.94. The zero-order valence-electron chi connectivity index (χ0n) is 17.0. The molecule has 3 aromatic heterocycles. The van der Waals surface area contributed by atoms with Crippen LogP contribution in [0.25, 0.3) is 17.1 Å². The van der Waals surface area contributed by atoms with Crippen LogP contribution in [-0.2, 0) is 0 Å². The Hall–Kier alpha value is -3.81. The van der Waals surface area contributed by atoms with E-state index in [0.29, 0.717) is 17.3 Å². The third kappa shape index (κ3) is 3.98. The van der Waals surface area contributed by atoms with Gasteiger partial charge in [-0.1, -0.05) is 19.0 Å². The Labute approximate surface area is 174 Å². The fourth-order valence-electron chi connectivity index (χ4n) is 3.11. The second-order valence-electron chi connectivity index (χ2n) is 7.32. The van der Waals surface area contributed by atoms with Crippen molar-refractivity contribution in [1.82, 2.24) is 30.2 Å². The van der Waals surface area contributed by atoms with E-state index in [1.54, 1.807) is 42.9 Å². The summed E-state index contributed by atoms with van der Waals surface area (Å²) in [4.78, 5) is 21.3. The van der Waals surface area contributed by atoms with Gasteiger partial charge in [0.15, 0.2) is 0 Å². The van der Waals surface area contributed by atoms with E-state index in [2.05, 4.69) is 25.5 Å². The minimum Gasteiger partial charge on any atom is -0.340 e. The predicted octanol–water partition coefficient (Wildman–Crippen LogP) is 3.75. The van der Waals surface area contributed by atoms with Gasteiger partial charge in [0.05, 0.1) is 5.69 Å². The molecule has 1 unspecified atom stereocenters. The van der Waals surface area contributed by atoms with Gasteiger partial charge in [0.25, 0.3) is 5.91 Å². The molecule has 1 N–H and O–H groups in total. The fraction of sp³-hybridized carbons (Fsp3) is 0.227. The molecule has 0 spiro atoms. The lowest BCUT2D eigenvalue weighted by Crippen LogP contribution is -2.32. The van der Waals surface area contributed by atoms with Crippen LogP contribution in [0, 0.1) is 12.8 Å². The highest BCUT2D eigenvalue weighted by Crippen LogP contribution is 2.24. The molecule has 4 aromatic rings. The average molecular weight is 402 g/mol. The van der Waals surface area contributed by atoms with Crippen LogP contribution in [0.1, 0.15) is 41.8 Å². The molecule has 1 amide bonds. The SMILES string of the molecule is Cc1ccnn1-c1ccc(C(=O)NC(c2nc(-c3ccncc3)no2)C(C)C)cc1. The van der Waals surface area contributed by atoms with Gasteiger partial charge >= 0.3 is 0 Å². The number of rotatable bonds is 6. The van der Waals surface area contributed by atoms with Gasteiger partial charge in [-0.05, 0) is 55.3 Å². The lowest BCUT2D eigenvalue weighted by molar-refractivity contribution is 0.0914. The summed E-state index contributed by atoms with van der Waals surface area (Å²) in [5.74, 6) is 0.687. The number of carbonyl (C=O) groups excluding carboxylic acids is 1. The van der Waals surface area contributed by atoms with Crippen LogP contribution in [0.15, 0.2) is 65.6 Å². The van der Waals surface area contributed by atoms with Crippen molar-refractivity contribution >= 4 is 5.91 Å². The maximum absolute atomic E-state index is 12.8. The van der Waals surface area contributed by atoms with E-state index >= 15 is 0 Å². The molecular weight excluding hydrogens is 380 g/mol. The van der Waals surface area contributed by atoms with E-state index in [0.717, 1.165) is 16.9 Å². The summed E-state index contributed by atoms with van der Waals surface area (Å²) in [6.45, 7) is 5.96. The van der Waals surface area contributed by atoms with Crippen LogP contribution < -0.4 is 5.32 Å². The highest BCUT2D eigenvalue weighted by atomic mass is 16.5. The normalized spacial score (nSPS) is 12.1. The van der Waals surface area contributed by atoms with Crippen LogP contribution >= 0.6 is 0 Å². The fourth-order valence-corrected chi connectivity index (χ4v) is 3.11. The molecule has 0 saturated carbocycles. The molecule has 1 atom stereocenters. The first-order valence-electron chi connectivity index (χ1n) is 9.69. The van der Waals surface area contributed by atoms with E-state index in [-0.39, 0.29) is 11.8 Å². The Morgan fingerprint density at radius 1 is 1.03 bits per heavy atom. The third-order valence-corrected chi connectivity index (χ3v) is 4.81.